The smallest absolute Gasteiger partial charge is 0.261 e. The van der Waals surface area contributed by atoms with Crippen LogP contribution < -0.4 is 11.3 Å². The van der Waals surface area contributed by atoms with Gasteiger partial charge in [-0.15, -0.1) is 0 Å². The summed E-state index contributed by atoms with van der Waals surface area (Å²) in [7, 11) is 0. The van der Waals surface area contributed by atoms with E-state index in [0.29, 0.717) is 0 Å². The molecule has 7 heteroatoms. The lowest BCUT2D eigenvalue weighted by atomic mass is 10.0. The molecule has 1 unspecified atom stereocenters. The topological polar surface area (TPSA) is 47.3 Å². The Labute approximate surface area is 102 Å². The number of rotatable bonds is 7. The minimum Gasteiger partial charge on any atom is -0.375 e. The fourth-order valence-electron chi connectivity index (χ4n) is 1.49. The monoisotopic (exact) mass is 266 g/mol. The average molecular weight is 266 g/mol. The predicted molar refractivity (Wildman–Crippen MR) is 57.9 cm³/mol. The molecular weight excluding hydrogens is 252 g/mol. The van der Waals surface area contributed by atoms with Gasteiger partial charge in [-0.2, -0.15) is 0 Å². The van der Waals surface area contributed by atoms with Gasteiger partial charge in [-0.05, 0) is 12.5 Å². The average Bonchev–Trinajstić information content (AvgIpc) is 2.33. The van der Waals surface area contributed by atoms with Crippen LogP contribution in [0.3, 0.4) is 0 Å². The summed E-state index contributed by atoms with van der Waals surface area (Å²) in [5.41, 5.74) is 2.34. The summed E-state index contributed by atoms with van der Waals surface area (Å²) in [6.45, 7) is -0.724. The molecule has 3 nitrogen and oxygen atoms in total. The van der Waals surface area contributed by atoms with Gasteiger partial charge >= 0.3 is 0 Å². The van der Waals surface area contributed by atoms with Gasteiger partial charge < -0.3 is 4.74 Å². The number of benzene rings is 1. The zero-order valence-corrected chi connectivity index (χ0v) is 9.51. The number of ether oxygens (including phenoxy) is 1. The second kappa shape index (κ2) is 7.30. The highest BCUT2D eigenvalue weighted by Gasteiger charge is 2.17. The highest BCUT2D eigenvalue weighted by molar-refractivity contribution is 5.22. The van der Waals surface area contributed by atoms with Crippen molar-refractivity contribution >= 4 is 0 Å². The van der Waals surface area contributed by atoms with Crippen LogP contribution in [0, 0.1) is 11.6 Å². The molecule has 0 heterocycles. The van der Waals surface area contributed by atoms with Gasteiger partial charge in [-0.3, -0.25) is 11.3 Å². The molecule has 0 saturated heterocycles. The Morgan fingerprint density at radius 1 is 1.28 bits per heavy atom. The maximum Gasteiger partial charge on any atom is 0.261 e. The second-order valence-corrected chi connectivity index (χ2v) is 3.62. The van der Waals surface area contributed by atoms with E-state index in [0.717, 1.165) is 6.07 Å². The summed E-state index contributed by atoms with van der Waals surface area (Å²) >= 11 is 0. The minimum atomic E-state index is -2.56. The minimum absolute atomic E-state index is 0.0326. The Balaban J connectivity index is 2.57. The lowest BCUT2D eigenvalue weighted by Crippen LogP contribution is -2.30. The molecular formula is C11H14F4N2O. The van der Waals surface area contributed by atoms with Gasteiger partial charge in [-0.1, -0.05) is 12.1 Å². The fraction of sp³-hybridized carbons (Fsp3) is 0.455. The molecule has 18 heavy (non-hydrogen) atoms. The SMILES string of the molecule is NNC(CCOCC(F)F)c1cccc(F)c1F. The van der Waals surface area contributed by atoms with Crippen LogP contribution in [0.5, 0.6) is 0 Å². The maximum atomic E-state index is 13.4. The largest absolute Gasteiger partial charge is 0.375 e. The number of hydrazine groups is 1. The molecule has 0 aliphatic carbocycles. The van der Waals surface area contributed by atoms with Crippen LogP contribution in [0.2, 0.25) is 0 Å². The molecule has 0 amide bonds. The molecule has 0 aliphatic heterocycles. The van der Waals surface area contributed by atoms with Crippen LogP contribution in [0.1, 0.15) is 18.0 Å². The Morgan fingerprint density at radius 2 is 2.00 bits per heavy atom. The van der Waals surface area contributed by atoms with E-state index in [4.69, 9.17) is 5.84 Å². The molecule has 102 valence electrons. The van der Waals surface area contributed by atoms with E-state index in [1.807, 2.05) is 0 Å². The zero-order valence-electron chi connectivity index (χ0n) is 9.51. The van der Waals surface area contributed by atoms with Crippen molar-refractivity contribution in [3.05, 3.63) is 35.4 Å². The van der Waals surface area contributed by atoms with E-state index in [9.17, 15) is 17.6 Å². The number of hydrogen-bond acceptors (Lipinski definition) is 3. The van der Waals surface area contributed by atoms with Gasteiger partial charge in [-0.25, -0.2) is 17.6 Å². The normalized spacial score (nSPS) is 13.0. The number of alkyl halides is 2. The molecule has 1 aromatic carbocycles. The highest BCUT2D eigenvalue weighted by Crippen LogP contribution is 2.21. The zero-order chi connectivity index (χ0) is 13.5. The Kier molecular flexibility index (Phi) is 6.03. The molecule has 1 rings (SSSR count). The third kappa shape index (κ3) is 4.25. The summed E-state index contributed by atoms with van der Waals surface area (Å²) in [5, 5.41) is 0. The second-order valence-electron chi connectivity index (χ2n) is 3.62. The molecule has 3 N–H and O–H groups in total. The van der Waals surface area contributed by atoms with Gasteiger partial charge in [0.1, 0.15) is 6.61 Å². The van der Waals surface area contributed by atoms with Crippen LogP contribution in [0.15, 0.2) is 18.2 Å². The quantitative estimate of drug-likeness (QED) is 0.344. The van der Waals surface area contributed by atoms with Gasteiger partial charge in [0.25, 0.3) is 6.43 Å². The molecule has 1 aromatic rings. The first-order valence-corrected chi connectivity index (χ1v) is 5.32. The Hall–Kier alpha value is -1.18. The van der Waals surface area contributed by atoms with E-state index in [1.165, 1.54) is 12.1 Å². The van der Waals surface area contributed by atoms with Gasteiger partial charge in [0.05, 0.1) is 6.04 Å². The standard InChI is InChI=1S/C11H14F4N2O/c12-8-3-1-2-7(11(8)15)9(17-16)4-5-18-6-10(13)14/h1-3,9-10,17H,4-6,16H2. The van der Waals surface area contributed by atoms with E-state index < -0.39 is 30.7 Å². The molecule has 0 spiro atoms. The number of nitrogens with two attached hydrogens (primary N) is 1. The van der Waals surface area contributed by atoms with E-state index >= 15 is 0 Å². The van der Waals surface area contributed by atoms with Crippen LogP contribution >= 0.6 is 0 Å². The number of halogens is 4. The Bertz CT molecular complexity index is 376. The molecule has 0 saturated carbocycles. The van der Waals surface area contributed by atoms with Crippen molar-refractivity contribution in [2.24, 2.45) is 5.84 Å². The van der Waals surface area contributed by atoms with Crippen molar-refractivity contribution in [3.8, 4) is 0 Å². The molecule has 0 radical (unpaired) electrons. The van der Waals surface area contributed by atoms with Crippen LogP contribution in [0.4, 0.5) is 17.6 Å². The molecule has 0 fully saturated rings. The summed E-state index contributed by atoms with van der Waals surface area (Å²) in [5.74, 6) is 3.23. The van der Waals surface area contributed by atoms with Gasteiger partial charge in [0, 0.05) is 12.2 Å². The van der Waals surface area contributed by atoms with Crippen LogP contribution in [0.25, 0.3) is 0 Å². The van der Waals surface area contributed by atoms with Gasteiger partial charge in [0.15, 0.2) is 11.6 Å². The molecule has 0 aromatic heterocycles. The van der Waals surface area contributed by atoms with E-state index in [1.54, 1.807) is 0 Å². The third-order valence-corrected chi connectivity index (χ3v) is 2.35. The molecule has 0 bridgehead atoms. The highest BCUT2D eigenvalue weighted by atomic mass is 19.3. The first-order valence-electron chi connectivity index (χ1n) is 5.32. The maximum absolute atomic E-state index is 13.4. The third-order valence-electron chi connectivity index (χ3n) is 2.35. The lowest BCUT2D eigenvalue weighted by molar-refractivity contribution is 0.0142. The summed E-state index contributed by atoms with van der Waals surface area (Å²) in [4.78, 5) is 0. The van der Waals surface area contributed by atoms with Crippen molar-refractivity contribution in [2.45, 2.75) is 18.9 Å². The summed E-state index contributed by atoms with van der Waals surface area (Å²) < 4.78 is 54.7. The van der Waals surface area contributed by atoms with Crippen molar-refractivity contribution in [1.29, 1.82) is 0 Å². The van der Waals surface area contributed by atoms with Crippen molar-refractivity contribution in [2.75, 3.05) is 13.2 Å². The predicted octanol–water partition coefficient (Wildman–Crippen LogP) is 2.14. The lowest BCUT2D eigenvalue weighted by Gasteiger charge is -2.17. The number of hydrogen-bond donors (Lipinski definition) is 2. The van der Waals surface area contributed by atoms with Gasteiger partial charge in [0.2, 0.25) is 0 Å². The number of nitrogens with one attached hydrogen (secondary N) is 1. The van der Waals surface area contributed by atoms with Crippen LogP contribution in [-0.2, 0) is 4.74 Å². The summed E-state index contributed by atoms with van der Waals surface area (Å²) in [6.07, 6.45) is -2.40. The van der Waals surface area contributed by atoms with Crippen molar-refractivity contribution < 1.29 is 22.3 Å². The molecule has 0 aliphatic rings. The van der Waals surface area contributed by atoms with Crippen molar-refractivity contribution in [3.63, 3.8) is 0 Å². The summed E-state index contributed by atoms with van der Waals surface area (Å²) in [6, 6.07) is 3.01. The van der Waals surface area contributed by atoms with E-state index in [-0.39, 0.29) is 18.6 Å². The first kappa shape index (κ1) is 14.9. The molecule has 1 atom stereocenters. The van der Waals surface area contributed by atoms with E-state index in [2.05, 4.69) is 10.2 Å². The first-order chi connectivity index (χ1) is 8.56. The van der Waals surface area contributed by atoms with Crippen LogP contribution in [-0.4, -0.2) is 19.6 Å². The van der Waals surface area contributed by atoms with Crippen molar-refractivity contribution in [1.82, 2.24) is 5.43 Å². The Morgan fingerprint density at radius 3 is 2.61 bits per heavy atom. The fourth-order valence-corrected chi connectivity index (χ4v) is 1.49.